The molecule has 0 aromatic heterocycles. The molecule has 3 aromatic rings. The van der Waals surface area contributed by atoms with Gasteiger partial charge < -0.3 is 15.2 Å². The molecule has 1 unspecified atom stereocenters. The van der Waals surface area contributed by atoms with Gasteiger partial charge in [-0.1, -0.05) is 60.7 Å². The van der Waals surface area contributed by atoms with Crippen LogP contribution in [0.4, 0.5) is 4.79 Å². The third-order valence-corrected chi connectivity index (χ3v) is 6.21. The summed E-state index contributed by atoms with van der Waals surface area (Å²) >= 11 is 2.12. The van der Waals surface area contributed by atoms with Crippen LogP contribution in [0, 0.1) is 3.57 Å². The maximum absolute atomic E-state index is 12.4. The minimum absolute atomic E-state index is 0.0667. The summed E-state index contributed by atoms with van der Waals surface area (Å²) in [7, 11) is 0. The highest BCUT2D eigenvalue weighted by atomic mass is 127. The summed E-state index contributed by atoms with van der Waals surface area (Å²) in [5.41, 5.74) is 4.72. The second kappa shape index (κ2) is 9.52. The van der Waals surface area contributed by atoms with E-state index in [4.69, 9.17) is 4.74 Å². The van der Waals surface area contributed by atoms with Crippen molar-refractivity contribution in [1.29, 1.82) is 0 Å². The maximum atomic E-state index is 12.4. The third-order valence-electron chi connectivity index (χ3n) is 5.49. The first-order valence-corrected chi connectivity index (χ1v) is 11.1. The van der Waals surface area contributed by atoms with E-state index in [0.29, 0.717) is 5.56 Å². The van der Waals surface area contributed by atoms with E-state index < -0.39 is 18.1 Å². The van der Waals surface area contributed by atoms with Gasteiger partial charge >= 0.3 is 12.1 Å². The molecule has 0 bridgehead atoms. The normalized spacial score (nSPS) is 13.0. The fourth-order valence-corrected chi connectivity index (χ4v) is 4.28. The summed E-state index contributed by atoms with van der Waals surface area (Å²) in [6.45, 7) is 0.0667. The van der Waals surface area contributed by atoms with E-state index in [1.807, 2.05) is 48.5 Å². The first-order chi connectivity index (χ1) is 15.4. The summed E-state index contributed by atoms with van der Waals surface area (Å²) in [5, 5.41) is 11.8. The Labute approximate surface area is 198 Å². The molecular weight excluding hydrogens is 521 g/mol. The minimum Gasteiger partial charge on any atom is -0.480 e. The van der Waals surface area contributed by atoms with E-state index in [1.54, 1.807) is 24.3 Å². The van der Waals surface area contributed by atoms with E-state index >= 15 is 0 Å². The van der Waals surface area contributed by atoms with Crippen molar-refractivity contribution in [2.75, 3.05) is 6.61 Å². The lowest BCUT2D eigenvalue weighted by molar-refractivity contribution is -0.139. The lowest BCUT2D eigenvalue weighted by Crippen LogP contribution is -2.42. The van der Waals surface area contributed by atoms with Crippen LogP contribution in [0.3, 0.4) is 0 Å². The Morgan fingerprint density at radius 2 is 1.47 bits per heavy atom. The van der Waals surface area contributed by atoms with Crippen LogP contribution in [-0.2, 0) is 9.53 Å². The average Bonchev–Trinajstić information content (AvgIpc) is 3.11. The SMILES string of the molecule is O=C(NC(CC(=O)c1ccc(I)cc1)C(=O)O)OCC1c2ccccc2-c2ccccc21. The Kier molecular flexibility index (Phi) is 6.55. The smallest absolute Gasteiger partial charge is 0.407 e. The van der Waals surface area contributed by atoms with Gasteiger partial charge in [-0.25, -0.2) is 9.59 Å². The first-order valence-electron chi connectivity index (χ1n) is 10.1. The Bertz CT molecular complexity index is 1130. The number of rotatable bonds is 7. The molecule has 3 aromatic carbocycles. The van der Waals surface area contributed by atoms with E-state index in [-0.39, 0.29) is 24.7 Å². The quantitative estimate of drug-likeness (QED) is 0.330. The highest BCUT2D eigenvalue weighted by Gasteiger charge is 2.30. The molecule has 162 valence electrons. The molecule has 0 radical (unpaired) electrons. The number of ether oxygens (including phenoxy) is 1. The van der Waals surface area contributed by atoms with Crippen LogP contribution in [0.25, 0.3) is 11.1 Å². The van der Waals surface area contributed by atoms with Gasteiger partial charge in [0.25, 0.3) is 0 Å². The van der Waals surface area contributed by atoms with Gasteiger partial charge in [0.15, 0.2) is 5.78 Å². The van der Waals surface area contributed by atoms with Gasteiger partial charge in [-0.15, -0.1) is 0 Å². The molecule has 32 heavy (non-hydrogen) atoms. The van der Waals surface area contributed by atoms with Crippen molar-refractivity contribution < 1.29 is 24.2 Å². The Morgan fingerprint density at radius 1 is 0.906 bits per heavy atom. The molecule has 0 spiro atoms. The van der Waals surface area contributed by atoms with Crippen LogP contribution in [-0.4, -0.2) is 35.6 Å². The van der Waals surface area contributed by atoms with Crippen molar-refractivity contribution in [3.05, 3.63) is 93.1 Å². The van der Waals surface area contributed by atoms with E-state index in [1.165, 1.54) is 0 Å². The highest BCUT2D eigenvalue weighted by Crippen LogP contribution is 2.44. The molecule has 0 saturated heterocycles. The Balaban J connectivity index is 1.41. The van der Waals surface area contributed by atoms with Crippen LogP contribution in [0.5, 0.6) is 0 Å². The molecule has 4 rings (SSSR count). The van der Waals surface area contributed by atoms with Crippen LogP contribution in [0.2, 0.25) is 0 Å². The fraction of sp³-hybridized carbons (Fsp3) is 0.160. The molecule has 0 saturated carbocycles. The lowest BCUT2D eigenvalue weighted by atomic mass is 9.98. The Hall–Kier alpha value is -3.20. The molecule has 1 amide bonds. The van der Waals surface area contributed by atoms with Gasteiger partial charge in [-0.2, -0.15) is 0 Å². The number of Topliss-reactive ketones (excluding diaryl/α,β-unsaturated/α-hetero) is 1. The molecule has 6 nitrogen and oxygen atoms in total. The monoisotopic (exact) mass is 541 g/mol. The lowest BCUT2D eigenvalue weighted by Gasteiger charge is -2.17. The number of carbonyl (C=O) groups excluding carboxylic acids is 2. The van der Waals surface area contributed by atoms with Gasteiger partial charge in [0.05, 0.1) is 0 Å². The van der Waals surface area contributed by atoms with E-state index in [2.05, 4.69) is 27.9 Å². The zero-order valence-electron chi connectivity index (χ0n) is 17.0. The number of carboxylic acid groups (broad SMARTS) is 1. The van der Waals surface area contributed by atoms with Gasteiger partial charge in [-0.3, -0.25) is 4.79 Å². The number of aliphatic carboxylic acids is 1. The second-order valence-corrected chi connectivity index (χ2v) is 8.74. The van der Waals surface area contributed by atoms with Crippen molar-refractivity contribution in [2.24, 2.45) is 0 Å². The molecular formula is C25H20INO5. The van der Waals surface area contributed by atoms with Crippen LogP contribution in [0.15, 0.2) is 72.8 Å². The van der Waals surface area contributed by atoms with Gasteiger partial charge in [0, 0.05) is 21.5 Å². The highest BCUT2D eigenvalue weighted by molar-refractivity contribution is 14.1. The summed E-state index contributed by atoms with van der Waals surface area (Å²) in [5.74, 6) is -1.80. The first kappa shape index (κ1) is 22.0. The molecule has 7 heteroatoms. The van der Waals surface area contributed by atoms with Crippen molar-refractivity contribution in [1.82, 2.24) is 5.32 Å². The minimum atomic E-state index is -1.38. The summed E-state index contributed by atoms with van der Waals surface area (Å²) in [4.78, 5) is 36.4. The number of hydrogen-bond donors (Lipinski definition) is 2. The second-order valence-electron chi connectivity index (χ2n) is 7.49. The standard InChI is InChI=1S/C25H20INO5/c26-16-11-9-15(10-12-16)23(28)13-22(24(29)30)27-25(31)32-14-21-19-7-3-1-5-17(19)18-6-2-4-8-20(18)21/h1-12,21-22H,13-14H2,(H,27,31)(H,29,30). The number of hydrogen-bond acceptors (Lipinski definition) is 4. The number of alkyl carbamates (subject to hydrolysis) is 1. The van der Waals surface area contributed by atoms with Crippen LogP contribution >= 0.6 is 22.6 Å². The van der Waals surface area contributed by atoms with Gasteiger partial charge in [-0.05, 0) is 57.0 Å². The predicted octanol–water partition coefficient (Wildman–Crippen LogP) is 4.86. The van der Waals surface area contributed by atoms with Crippen molar-refractivity contribution in [3.63, 3.8) is 0 Å². The van der Waals surface area contributed by atoms with Crippen molar-refractivity contribution in [3.8, 4) is 11.1 Å². The molecule has 1 aliphatic rings. The van der Waals surface area contributed by atoms with Gasteiger partial charge in [0.2, 0.25) is 0 Å². The number of nitrogens with one attached hydrogen (secondary N) is 1. The number of halogens is 1. The molecule has 0 heterocycles. The fourth-order valence-electron chi connectivity index (χ4n) is 3.92. The topological polar surface area (TPSA) is 92.7 Å². The largest absolute Gasteiger partial charge is 0.480 e. The zero-order valence-corrected chi connectivity index (χ0v) is 19.1. The Morgan fingerprint density at radius 3 is 2.03 bits per heavy atom. The number of amides is 1. The summed E-state index contributed by atoms with van der Waals surface area (Å²) < 4.78 is 6.36. The van der Waals surface area contributed by atoms with Crippen LogP contribution < -0.4 is 5.32 Å². The number of benzene rings is 3. The predicted molar refractivity (Wildman–Crippen MR) is 128 cm³/mol. The third kappa shape index (κ3) is 4.67. The van der Waals surface area contributed by atoms with Gasteiger partial charge in [0.1, 0.15) is 12.6 Å². The van der Waals surface area contributed by atoms with Crippen molar-refractivity contribution in [2.45, 2.75) is 18.4 Å². The van der Waals surface area contributed by atoms with E-state index in [9.17, 15) is 19.5 Å². The molecule has 1 atom stereocenters. The number of carboxylic acids is 1. The molecule has 0 aliphatic heterocycles. The van der Waals surface area contributed by atoms with Crippen molar-refractivity contribution >= 4 is 40.4 Å². The maximum Gasteiger partial charge on any atom is 0.407 e. The molecule has 0 fully saturated rings. The summed E-state index contributed by atoms with van der Waals surface area (Å²) in [6, 6.07) is 21.3. The van der Waals surface area contributed by atoms with E-state index in [0.717, 1.165) is 25.8 Å². The molecule has 2 N–H and O–H groups in total. The van der Waals surface area contributed by atoms with Crippen LogP contribution in [0.1, 0.15) is 33.8 Å². The number of ketones is 1. The number of fused-ring (bicyclic) bond motifs is 3. The average molecular weight is 541 g/mol. The zero-order chi connectivity index (χ0) is 22.7. The number of carbonyl (C=O) groups is 3. The summed E-state index contributed by atoms with van der Waals surface area (Å²) in [6.07, 6.45) is -1.23. The molecule has 1 aliphatic carbocycles.